The van der Waals surface area contributed by atoms with Gasteiger partial charge in [0, 0.05) is 22.9 Å². The number of ketones is 1. The molecule has 0 saturated heterocycles. The van der Waals surface area contributed by atoms with Crippen LogP contribution in [0.2, 0.25) is 0 Å². The SMILES string of the molecule is CC(=O)Nc1ccc(-n2c(SCC(=O)C(C)(C)C)nc3sc4c(c3c2=O)CCCC4)cc1. The van der Waals surface area contributed by atoms with Crippen molar-refractivity contribution in [1.82, 2.24) is 9.55 Å². The molecule has 2 aromatic heterocycles. The number of carbonyl (C=O) groups is 2. The number of rotatable bonds is 5. The normalized spacial score (nSPS) is 13.8. The van der Waals surface area contributed by atoms with Gasteiger partial charge in [0.1, 0.15) is 10.6 Å². The average Bonchev–Trinajstić information content (AvgIpc) is 3.10. The van der Waals surface area contributed by atoms with E-state index in [1.54, 1.807) is 40.2 Å². The maximum absolute atomic E-state index is 13.7. The van der Waals surface area contributed by atoms with Gasteiger partial charge >= 0.3 is 0 Å². The first-order valence-corrected chi connectivity index (χ1v) is 12.6. The predicted molar refractivity (Wildman–Crippen MR) is 131 cm³/mol. The molecule has 1 aliphatic carbocycles. The van der Waals surface area contributed by atoms with E-state index in [9.17, 15) is 14.4 Å². The summed E-state index contributed by atoms with van der Waals surface area (Å²) in [4.78, 5) is 44.6. The standard InChI is InChI=1S/C24H27N3O3S2/c1-14(28)25-15-9-11-16(12-10-15)27-22(30)20-17-7-5-6-8-18(17)32-21(20)26-23(27)31-13-19(29)24(2,3)4/h9-12H,5-8,13H2,1-4H3,(H,25,28). The first-order chi connectivity index (χ1) is 15.1. The van der Waals surface area contributed by atoms with E-state index in [0.717, 1.165) is 36.1 Å². The zero-order chi connectivity index (χ0) is 23.0. The Balaban J connectivity index is 1.83. The van der Waals surface area contributed by atoms with Crippen LogP contribution in [0.5, 0.6) is 0 Å². The smallest absolute Gasteiger partial charge is 0.267 e. The third kappa shape index (κ3) is 4.52. The minimum Gasteiger partial charge on any atom is -0.326 e. The highest BCUT2D eigenvalue weighted by molar-refractivity contribution is 7.99. The lowest BCUT2D eigenvalue weighted by Gasteiger charge is -2.17. The first-order valence-electron chi connectivity index (χ1n) is 10.8. The molecule has 6 nitrogen and oxygen atoms in total. The Labute approximate surface area is 195 Å². The molecule has 0 atom stereocenters. The number of hydrogen-bond donors (Lipinski definition) is 1. The second kappa shape index (κ2) is 8.83. The van der Waals surface area contributed by atoms with Crippen molar-refractivity contribution in [3.05, 3.63) is 45.1 Å². The molecule has 0 bridgehead atoms. The molecule has 1 amide bonds. The average molecular weight is 470 g/mol. The second-order valence-corrected chi connectivity index (χ2v) is 11.1. The third-order valence-electron chi connectivity index (χ3n) is 5.57. The molecule has 3 aromatic rings. The third-order valence-corrected chi connectivity index (χ3v) is 7.70. The summed E-state index contributed by atoms with van der Waals surface area (Å²) in [6.07, 6.45) is 4.12. The van der Waals surface area contributed by atoms with Gasteiger partial charge in [0.05, 0.1) is 16.8 Å². The van der Waals surface area contributed by atoms with E-state index >= 15 is 0 Å². The molecule has 0 unspecified atom stereocenters. The monoisotopic (exact) mass is 469 g/mol. The van der Waals surface area contributed by atoms with Crippen molar-refractivity contribution < 1.29 is 9.59 Å². The number of aromatic nitrogens is 2. The number of thiophene rings is 1. The molecule has 168 valence electrons. The summed E-state index contributed by atoms with van der Waals surface area (Å²) in [5.41, 5.74) is 1.92. The Morgan fingerprint density at radius 3 is 2.50 bits per heavy atom. The summed E-state index contributed by atoms with van der Waals surface area (Å²) in [7, 11) is 0. The lowest BCUT2D eigenvalue weighted by Crippen LogP contribution is -2.25. The summed E-state index contributed by atoms with van der Waals surface area (Å²) in [5, 5.41) is 3.98. The summed E-state index contributed by atoms with van der Waals surface area (Å²) in [6, 6.07) is 7.14. The molecule has 0 aliphatic heterocycles. The first kappa shape index (κ1) is 22.7. The van der Waals surface area contributed by atoms with E-state index in [-0.39, 0.29) is 23.0 Å². The highest BCUT2D eigenvalue weighted by Gasteiger charge is 2.25. The Hall–Kier alpha value is -2.45. The van der Waals surface area contributed by atoms with Crippen molar-refractivity contribution in [2.45, 2.75) is 58.5 Å². The number of benzene rings is 1. The van der Waals surface area contributed by atoms with Gasteiger partial charge in [-0.2, -0.15) is 0 Å². The molecule has 8 heteroatoms. The van der Waals surface area contributed by atoms with Gasteiger partial charge < -0.3 is 5.32 Å². The number of nitrogens with one attached hydrogen (secondary N) is 1. The molecule has 1 aliphatic rings. The summed E-state index contributed by atoms with van der Waals surface area (Å²) in [5.74, 6) is 0.200. The van der Waals surface area contributed by atoms with E-state index in [2.05, 4.69) is 5.32 Å². The maximum Gasteiger partial charge on any atom is 0.267 e. The van der Waals surface area contributed by atoms with E-state index in [0.29, 0.717) is 21.9 Å². The number of nitrogens with zero attached hydrogens (tertiary/aromatic N) is 2. The van der Waals surface area contributed by atoms with Crippen molar-refractivity contribution in [2.75, 3.05) is 11.1 Å². The largest absolute Gasteiger partial charge is 0.326 e. The predicted octanol–water partition coefficient (Wildman–Crippen LogP) is 4.99. The van der Waals surface area contributed by atoms with Gasteiger partial charge in [-0.3, -0.25) is 19.0 Å². The highest BCUT2D eigenvalue weighted by atomic mass is 32.2. The number of amides is 1. The molecule has 2 heterocycles. The van der Waals surface area contributed by atoms with Gasteiger partial charge in [-0.15, -0.1) is 11.3 Å². The lowest BCUT2D eigenvalue weighted by atomic mass is 9.92. The van der Waals surface area contributed by atoms with Crippen molar-refractivity contribution in [1.29, 1.82) is 0 Å². The van der Waals surface area contributed by atoms with Crippen molar-refractivity contribution in [3.63, 3.8) is 0 Å². The van der Waals surface area contributed by atoms with Crippen LogP contribution < -0.4 is 10.9 Å². The Bertz CT molecular complexity index is 1250. The van der Waals surface area contributed by atoms with Crippen molar-refractivity contribution in [3.8, 4) is 5.69 Å². The fraction of sp³-hybridized carbons (Fsp3) is 0.417. The summed E-state index contributed by atoms with van der Waals surface area (Å²) < 4.78 is 1.61. The van der Waals surface area contributed by atoms with E-state index in [1.807, 2.05) is 20.8 Å². The van der Waals surface area contributed by atoms with Gasteiger partial charge in [-0.1, -0.05) is 32.5 Å². The molecule has 1 N–H and O–H groups in total. The van der Waals surface area contributed by atoms with Crippen LogP contribution in [0.4, 0.5) is 5.69 Å². The van der Waals surface area contributed by atoms with Crippen LogP contribution >= 0.6 is 23.1 Å². The molecular weight excluding hydrogens is 442 g/mol. The van der Waals surface area contributed by atoms with Gasteiger partial charge in [0.25, 0.3) is 5.56 Å². The lowest BCUT2D eigenvalue weighted by molar-refractivity contribution is -0.123. The van der Waals surface area contributed by atoms with Crippen molar-refractivity contribution in [2.24, 2.45) is 5.41 Å². The second-order valence-electron chi connectivity index (χ2n) is 9.12. The van der Waals surface area contributed by atoms with Crippen LogP contribution in [-0.4, -0.2) is 27.0 Å². The Morgan fingerprint density at radius 1 is 1.16 bits per heavy atom. The molecule has 0 fully saturated rings. The van der Waals surface area contributed by atoms with Crippen LogP contribution in [0.3, 0.4) is 0 Å². The molecule has 0 spiro atoms. The fourth-order valence-corrected chi connectivity index (χ4v) is 6.23. The number of thioether (sulfide) groups is 1. The van der Waals surface area contributed by atoms with E-state index in [4.69, 9.17) is 4.98 Å². The number of carbonyl (C=O) groups excluding carboxylic acids is 2. The van der Waals surface area contributed by atoms with Crippen LogP contribution in [0, 0.1) is 5.41 Å². The molecular formula is C24H27N3O3S2. The van der Waals surface area contributed by atoms with Crippen LogP contribution in [0.15, 0.2) is 34.2 Å². The van der Waals surface area contributed by atoms with Crippen LogP contribution in [0.1, 0.15) is 51.0 Å². The molecule has 0 radical (unpaired) electrons. The number of anilines is 1. The van der Waals surface area contributed by atoms with Crippen LogP contribution in [-0.2, 0) is 22.4 Å². The van der Waals surface area contributed by atoms with Gasteiger partial charge in [0.15, 0.2) is 5.16 Å². The summed E-state index contributed by atoms with van der Waals surface area (Å²) in [6.45, 7) is 7.14. The topological polar surface area (TPSA) is 81.1 Å². The molecule has 4 rings (SSSR count). The number of Topliss-reactive ketones (excluding diaryl/α,β-unsaturated/α-hetero) is 1. The number of hydrogen-bond acceptors (Lipinski definition) is 6. The van der Waals surface area contributed by atoms with Crippen LogP contribution in [0.25, 0.3) is 15.9 Å². The Kier molecular flexibility index (Phi) is 6.27. The quantitative estimate of drug-likeness (QED) is 0.420. The van der Waals surface area contributed by atoms with Gasteiger partial charge in [0.2, 0.25) is 5.91 Å². The maximum atomic E-state index is 13.7. The number of aryl methyl sites for hydroxylation is 2. The van der Waals surface area contributed by atoms with Crippen molar-refractivity contribution >= 4 is 50.7 Å². The zero-order valence-electron chi connectivity index (χ0n) is 18.8. The Morgan fingerprint density at radius 2 is 1.84 bits per heavy atom. The fourth-order valence-electron chi connectivity index (χ4n) is 3.75. The zero-order valence-corrected chi connectivity index (χ0v) is 20.4. The minimum atomic E-state index is -0.454. The van der Waals surface area contributed by atoms with Gasteiger partial charge in [-0.05, 0) is 55.5 Å². The number of fused-ring (bicyclic) bond motifs is 3. The molecule has 32 heavy (non-hydrogen) atoms. The van der Waals surface area contributed by atoms with E-state index < -0.39 is 5.41 Å². The summed E-state index contributed by atoms with van der Waals surface area (Å²) >= 11 is 2.92. The highest BCUT2D eigenvalue weighted by Crippen LogP contribution is 2.35. The minimum absolute atomic E-state index is 0.0904. The van der Waals surface area contributed by atoms with Gasteiger partial charge in [-0.25, -0.2) is 4.98 Å². The molecule has 1 aromatic carbocycles. The van der Waals surface area contributed by atoms with E-state index in [1.165, 1.54) is 23.6 Å². The molecule has 0 saturated carbocycles.